The molecule has 29 heavy (non-hydrogen) atoms. The largest absolute Gasteiger partial charge is 0.610 e. The van der Waals surface area contributed by atoms with Crippen LogP contribution in [0.2, 0.25) is 0 Å². The first kappa shape index (κ1) is 19.0. The van der Waals surface area contributed by atoms with E-state index in [2.05, 4.69) is 20.3 Å². The third-order valence-electron chi connectivity index (χ3n) is 4.51. The van der Waals surface area contributed by atoms with E-state index in [0.717, 1.165) is 28.3 Å². The van der Waals surface area contributed by atoms with Gasteiger partial charge in [0.05, 0.1) is 16.6 Å². The highest BCUT2D eigenvalue weighted by atomic mass is 32.3. The number of aromatic amines is 1. The van der Waals surface area contributed by atoms with E-state index in [9.17, 15) is 13.6 Å². The number of H-pyrrole nitrogens is 1. The molecule has 7 nitrogen and oxygen atoms in total. The van der Waals surface area contributed by atoms with E-state index in [1.165, 1.54) is 12.1 Å². The zero-order chi connectivity index (χ0) is 20.4. The van der Waals surface area contributed by atoms with Gasteiger partial charge in [-0.2, -0.15) is 0 Å². The Labute approximate surface area is 168 Å². The number of carbonyl (C=O) groups is 1. The number of amides is 1. The predicted molar refractivity (Wildman–Crippen MR) is 111 cm³/mol. The number of rotatable bonds is 5. The van der Waals surface area contributed by atoms with Gasteiger partial charge in [0.1, 0.15) is 11.9 Å². The molecule has 4 rings (SSSR count). The summed E-state index contributed by atoms with van der Waals surface area (Å²) in [6.45, 7) is 0. The van der Waals surface area contributed by atoms with E-state index in [4.69, 9.17) is 0 Å². The van der Waals surface area contributed by atoms with Gasteiger partial charge in [-0.15, -0.1) is 4.21 Å². The summed E-state index contributed by atoms with van der Waals surface area (Å²) in [5, 5.41) is 3.61. The fourth-order valence-corrected chi connectivity index (χ4v) is 3.74. The van der Waals surface area contributed by atoms with Gasteiger partial charge in [-0.25, -0.2) is 4.98 Å². The Balaban J connectivity index is 1.56. The van der Waals surface area contributed by atoms with Crippen LogP contribution in [0, 0.1) is 0 Å². The number of nitrogens with zero attached hydrogens (tertiary/aromatic N) is 2. The second-order valence-corrected chi connectivity index (χ2v) is 8.72. The van der Waals surface area contributed by atoms with Crippen molar-refractivity contribution in [2.75, 3.05) is 11.6 Å². The summed E-state index contributed by atoms with van der Waals surface area (Å²) in [6.07, 6.45) is 8.25. The number of pyridine rings is 2. The molecule has 0 aliphatic carbocycles. The monoisotopic (exact) mass is 406 g/mol. The van der Waals surface area contributed by atoms with Crippen LogP contribution >= 0.6 is 0 Å². The summed E-state index contributed by atoms with van der Waals surface area (Å²) in [5.41, 5.74) is 3.78. The molecule has 0 fully saturated rings. The number of anilines is 1. The summed E-state index contributed by atoms with van der Waals surface area (Å²) in [6, 6.07) is 12.0. The minimum absolute atomic E-state index is 0.126. The van der Waals surface area contributed by atoms with Crippen molar-refractivity contribution < 1.29 is 13.6 Å². The van der Waals surface area contributed by atoms with Crippen LogP contribution in [0.5, 0.6) is 0 Å². The third kappa shape index (κ3) is 4.23. The minimum Gasteiger partial charge on any atom is -0.610 e. The molecule has 8 heteroatoms. The van der Waals surface area contributed by atoms with E-state index < -0.39 is 10.2 Å². The van der Waals surface area contributed by atoms with E-state index in [1.54, 1.807) is 36.9 Å². The van der Waals surface area contributed by atoms with Gasteiger partial charge in [0, 0.05) is 53.1 Å². The summed E-state index contributed by atoms with van der Waals surface area (Å²) >= 11 is 0. The Kier molecular flexibility index (Phi) is 4.96. The highest BCUT2D eigenvalue weighted by Gasteiger charge is 2.15. The third-order valence-corrected chi connectivity index (χ3v) is 5.62. The molecule has 0 aliphatic rings. The average Bonchev–Trinajstić information content (AvgIpc) is 3.10. The molecule has 1 aromatic carbocycles. The molecule has 3 heterocycles. The van der Waals surface area contributed by atoms with E-state index in [-0.39, 0.29) is 17.2 Å². The van der Waals surface area contributed by atoms with Crippen LogP contribution in [0.15, 0.2) is 72.1 Å². The number of hydrogen-bond donors (Lipinski definition) is 2. The Morgan fingerprint density at radius 2 is 2.03 bits per heavy atom. The van der Waals surface area contributed by atoms with Gasteiger partial charge < -0.3 is 14.9 Å². The minimum atomic E-state index is -3.34. The summed E-state index contributed by atoms with van der Waals surface area (Å²) in [4.78, 5) is 24.3. The van der Waals surface area contributed by atoms with Crippen molar-refractivity contribution in [3.63, 3.8) is 0 Å². The van der Waals surface area contributed by atoms with Crippen molar-refractivity contribution in [1.82, 2.24) is 15.0 Å². The molecule has 0 radical (unpaired) electrons. The molecule has 1 atom stereocenters. The van der Waals surface area contributed by atoms with Crippen LogP contribution in [-0.2, 0) is 25.6 Å². The first-order valence-electron chi connectivity index (χ1n) is 8.86. The number of carbonyl (C=O) groups excluding carboxylic acids is 1. The molecular formula is C21H18N4O3S. The molecule has 0 spiro atoms. The maximum Gasteiger partial charge on any atom is 0.228 e. The van der Waals surface area contributed by atoms with Crippen LogP contribution in [0.1, 0.15) is 5.56 Å². The zero-order valence-electron chi connectivity index (χ0n) is 15.6. The molecule has 0 aliphatic heterocycles. The van der Waals surface area contributed by atoms with E-state index in [0.29, 0.717) is 11.3 Å². The quantitative estimate of drug-likeness (QED) is 0.493. The SMILES string of the molecule is C[S+](=O)([O-])c1cccc(NC(=O)Cc2c[nH]c3ncc(-c4cccnc4)cc23)c1. The Morgan fingerprint density at radius 3 is 2.79 bits per heavy atom. The Bertz CT molecular complexity index is 1230. The number of benzene rings is 1. The normalized spacial score (nSPS) is 13.2. The lowest BCUT2D eigenvalue weighted by atomic mass is 10.1. The van der Waals surface area contributed by atoms with Crippen molar-refractivity contribution >= 4 is 32.8 Å². The average molecular weight is 406 g/mol. The van der Waals surface area contributed by atoms with Gasteiger partial charge in [-0.05, 0) is 29.8 Å². The fraction of sp³-hybridized carbons (Fsp3) is 0.0952. The summed E-state index contributed by atoms with van der Waals surface area (Å²) in [5.74, 6) is -0.247. The van der Waals surface area contributed by atoms with Crippen molar-refractivity contribution in [3.05, 3.63) is 72.8 Å². The van der Waals surface area contributed by atoms with E-state index >= 15 is 0 Å². The highest BCUT2D eigenvalue weighted by Crippen LogP contribution is 2.25. The van der Waals surface area contributed by atoms with E-state index in [1.807, 2.05) is 18.2 Å². The number of sulfone groups is 1. The lowest BCUT2D eigenvalue weighted by Gasteiger charge is -2.10. The molecule has 0 saturated heterocycles. The summed E-state index contributed by atoms with van der Waals surface area (Å²) < 4.78 is 23.4. The number of hydrogen-bond acceptors (Lipinski definition) is 5. The topological polar surface area (TPSA) is 111 Å². The zero-order valence-corrected chi connectivity index (χ0v) is 16.4. The lowest BCUT2D eigenvalue weighted by Crippen LogP contribution is -2.15. The van der Waals surface area contributed by atoms with Crippen LogP contribution in [0.4, 0.5) is 5.69 Å². The Hall–Kier alpha value is -3.36. The molecule has 3 aromatic heterocycles. The van der Waals surface area contributed by atoms with Crippen LogP contribution < -0.4 is 5.32 Å². The van der Waals surface area contributed by atoms with Crippen LogP contribution in [-0.4, -0.2) is 31.7 Å². The first-order chi connectivity index (χ1) is 13.9. The molecular weight excluding hydrogens is 388 g/mol. The molecule has 1 amide bonds. The van der Waals surface area contributed by atoms with Gasteiger partial charge in [-0.3, -0.25) is 9.78 Å². The highest BCUT2D eigenvalue weighted by molar-refractivity contribution is 7.97. The van der Waals surface area contributed by atoms with Crippen molar-refractivity contribution in [1.29, 1.82) is 0 Å². The standard InChI is InChI=1S/C21H18N4O3S/c1-29(27,28)18-6-2-5-17(10-18)25-20(26)9-16-13-24-21-19(16)8-15(12-23-21)14-4-3-7-22-11-14/h2-8,10-13H,9H2,1H3,(H2-,23,24,25,26,27,28). The van der Waals surface area contributed by atoms with Crippen LogP contribution in [0.25, 0.3) is 22.2 Å². The molecule has 4 aromatic rings. The molecule has 2 N–H and O–H groups in total. The number of fused-ring (bicyclic) bond motifs is 1. The Morgan fingerprint density at radius 1 is 1.17 bits per heavy atom. The maximum absolute atomic E-state index is 12.5. The second kappa shape index (κ2) is 7.57. The molecule has 0 saturated carbocycles. The van der Waals surface area contributed by atoms with Crippen molar-refractivity contribution in [2.45, 2.75) is 11.3 Å². The maximum atomic E-state index is 12.5. The number of nitrogens with one attached hydrogen (secondary N) is 2. The van der Waals surface area contributed by atoms with Gasteiger partial charge in [0.25, 0.3) is 0 Å². The molecule has 1 unspecified atom stereocenters. The lowest BCUT2D eigenvalue weighted by molar-refractivity contribution is -0.115. The molecule has 146 valence electrons. The summed E-state index contributed by atoms with van der Waals surface area (Å²) in [7, 11) is -3.34. The smallest absolute Gasteiger partial charge is 0.228 e. The van der Waals surface area contributed by atoms with Gasteiger partial charge in [-0.1, -0.05) is 12.1 Å². The first-order valence-corrected chi connectivity index (χ1v) is 10.8. The van der Waals surface area contributed by atoms with Crippen molar-refractivity contribution in [2.24, 2.45) is 0 Å². The van der Waals surface area contributed by atoms with Crippen molar-refractivity contribution in [3.8, 4) is 11.1 Å². The van der Waals surface area contributed by atoms with Gasteiger partial charge in [0.15, 0.2) is 4.90 Å². The predicted octanol–water partition coefficient (Wildman–Crippen LogP) is 3.42. The number of aromatic nitrogens is 3. The van der Waals surface area contributed by atoms with Gasteiger partial charge >= 0.3 is 0 Å². The molecule has 0 bridgehead atoms. The fourth-order valence-electron chi connectivity index (χ4n) is 3.08. The second-order valence-electron chi connectivity index (χ2n) is 6.70. The van der Waals surface area contributed by atoms with Crippen LogP contribution in [0.3, 0.4) is 0 Å². The van der Waals surface area contributed by atoms with Gasteiger partial charge in [0.2, 0.25) is 5.91 Å².